The molecule has 0 saturated carbocycles. The highest BCUT2D eigenvalue weighted by molar-refractivity contribution is 5.94. The van der Waals surface area contributed by atoms with Crippen molar-refractivity contribution in [3.63, 3.8) is 0 Å². The summed E-state index contributed by atoms with van der Waals surface area (Å²) in [5, 5.41) is 3.09. The summed E-state index contributed by atoms with van der Waals surface area (Å²) < 4.78 is 5.49. The summed E-state index contributed by atoms with van der Waals surface area (Å²) in [6.07, 6.45) is 4.95. The summed E-state index contributed by atoms with van der Waals surface area (Å²) in [7, 11) is 2.16. The smallest absolute Gasteiger partial charge is 0.323 e. The van der Waals surface area contributed by atoms with Crippen LogP contribution in [0.15, 0.2) is 12.4 Å². The SMILES string of the molecule is CN1CCN(CCCNC(=O)N2CCc3c(-c4cnc(N)nc4)nc(N4CCOCC4)nc32)CC1. The van der Waals surface area contributed by atoms with E-state index in [1.54, 1.807) is 17.3 Å². The van der Waals surface area contributed by atoms with Crippen molar-refractivity contribution in [2.45, 2.75) is 12.8 Å². The van der Waals surface area contributed by atoms with Gasteiger partial charge in [-0.2, -0.15) is 4.98 Å². The molecule has 2 aromatic heterocycles. The number of anilines is 3. The lowest BCUT2D eigenvalue weighted by molar-refractivity contribution is 0.122. The number of morpholine rings is 1. The number of hydrogen-bond donors (Lipinski definition) is 2. The molecule has 12 heteroatoms. The van der Waals surface area contributed by atoms with Gasteiger partial charge in [-0.25, -0.2) is 19.7 Å². The number of aromatic nitrogens is 4. The van der Waals surface area contributed by atoms with Crippen LogP contribution in [0.4, 0.5) is 22.5 Å². The van der Waals surface area contributed by atoms with E-state index in [-0.39, 0.29) is 12.0 Å². The van der Waals surface area contributed by atoms with Gasteiger partial charge in [0.25, 0.3) is 0 Å². The molecule has 2 aromatic rings. The average molecular weight is 483 g/mol. The number of nitrogen functional groups attached to an aromatic ring is 1. The highest BCUT2D eigenvalue weighted by Crippen LogP contribution is 2.35. The number of carbonyl (C=O) groups is 1. The normalized spacial score (nSPS) is 19.1. The lowest BCUT2D eigenvalue weighted by Gasteiger charge is -2.32. The fourth-order valence-electron chi connectivity index (χ4n) is 4.71. The van der Waals surface area contributed by atoms with Gasteiger partial charge in [0.15, 0.2) is 0 Å². The van der Waals surface area contributed by atoms with Crippen molar-refractivity contribution in [1.29, 1.82) is 0 Å². The number of amides is 2. The topological polar surface area (TPSA) is 129 Å². The number of nitrogens with one attached hydrogen (secondary N) is 1. The third kappa shape index (κ3) is 5.44. The van der Waals surface area contributed by atoms with E-state index in [1.165, 1.54) is 0 Å². The predicted octanol–water partition coefficient (Wildman–Crippen LogP) is 0.0620. The van der Waals surface area contributed by atoms with E-state index in [4.69, 9.17) is 20.4 Å². The average Bonchev–Trinajstić information content (AvgIpc) is 3.32. The van der Waals surface area contributed by atoms with E-state index in [2.05, 4.69) is 37.0 Å². The molecule has 3 aliphatic heterocycles. The van der Waals surface area contributed by atoms with Crippen LogP contribution in [0.5, 0.6) is 0 Å². The van der Waals surface area contributed by atoms with Gasteiger partial charge in [0, 0.05) is 75.9 Å². The number of ether oxygens (including phenoxy) is 1. The first-order valence-electron chi connectivity index (χ1n) is 12.4. The molecule has 0 aliphatic carbocycles. The first kappa shape index (κ1) is 23.6. The largest absolute Gasteiger partial charge is 0.378 e. The summed E-state index contributed by atoms with van der Waals surface area (Å²) in [6.45, 7) is 9.22. The van der Waals surface area contributed by atoms with Crippen molar-refractivity contribution in [3.8, 4) is 11.3 Å². The Bertz CT molecular complexity index is 1020. The molecule has 2 saturated heterocycles. The minimum absolute atomic E-state index is 0.117. The van der Waals surface area contributed by atoms with Crippen LogP contribution in [0.2, 0.25) is 0 Å². The molecule has 2 amide bonds. The molecule has 0 bridgehead atoms. The zero-order valence-electron chi connectivity index (χ0n) is 20.3. The quantitative estimate of drug-likeness (QED) is 0.546. The van der Waals surface area contributed by atoms with Gasteiger partial charge in [-0.3, -0.25) is 4.90 Å². The molecule has 5 heterocycles. The molecule has 0 spiro atoms. The lowest BCUT2D eigenvalue weighted by Crippen LogP contribution is -2.45. The maximum atomic E-state index is 13.1. The molecular formula is C23H34N10O2. The van der Waals surface area contributed by atoms with Gasteiger partial charge in [-0.05, 0) is 26.4 Å². The molecule has 0 aromatic carbocycles. The number of nitrogens with zero attached hydrogens (tertiary/aromatic N) is 8. The standard InChI is InChI=1S/C23H34N10O2/c1-30-7-9-31(10-8-30)5-2-4-25-23(34)33-6-3-18-19(17-15-26-21(24)27-16-17)28-22(29-20(18)33)32-11-13-35-14-12-32/h15-16H,2-14H2,1H3,(H,25,34)(H2,24,26,27). The molecule has 3 aliphatic rings. The third-order valence-corrected chi connectivity index (χ3v) is 6.82. The van der Waals surface area contributed by atoms with Crippen molar-refractivity contribution >= 4 is 23.7 Å². The second kappa shape index (κ2) is 10.7. The highest BCUT2D eigenvalue weighted by atomic mass is 16.5. The summed E-state index contributed by atoms with van der Waals surface area (Å²) in [5.74, 6) is 1.46. The molecule has 35 heavy (non-hydrogen) atoms. The van der Waals surface area contributed by atoms with Gasteiger partial charge in [-0.1, -0.05) is 0 Å². The Kier molecular flexibility index (Phi) is 7.21. The van der Waals surface area contributed by atoms with Crippen LogP contribution >= 0.6 is 0 Å². The van der Waals surface area contributed by atoms with E-state index in [9.17, 15) is 4.79 Å². The van der Waals surface area contributed by atoms with Crippen LogP contribution in [0.25, 0.3) is 11.3 Å². The Hall–Kier alpha value is -3.09. The molecule has 0 radical (unpaired) electrons. The molecule has 3 N–H and O–H groups in total. The number of urea groups is 1. The number of piperazine rings is 1. The van der Waals surface area contributed by atoms with Gasteiger partial charge in [-0.15, -0.1) is 0 Å². The van der Waals surface area contributed by atoms with Crippen molar-refractivity contribution in [1.82, 2.24) is 35.1 Å². The Morgan fingerprint density at radius 3 is 2.54 bits per heavy atom. The number of hydrogen-bond acceptors (Lipinski definition) is 10. The van der Waals surface area contributed by atoms with Crippen molar-refractivity contribution in [3.05, 3.63) is 18.0 Å². The zero-order chi connectivity index (χ0) is 24.2. The number of rotatable bonds is 6. The number of likely N-dealkylation sites (N-methyl/N-ethyl adjacent to an activating group) is 1. The van der Waals surface area contributed by atoms with E-state index in [0.29, 0.717) is 57.6 Å². The maximum Gasteiger partial charge on any atom is 0.323 e. The number of nitrogens with two attached hydrogens (primary N) is 1. The molecule has 0 unspecified atom stereocenters. The van der Waals surface area contributed by atoms with Crippen molar-refractivity contribution in [2.75, 3.05) is 94.7 Å². The van der Waals surface area contributed by atoms with Crippen LogP contribution in [0, 0.1) is 0 Å². The lowest BCUT2D eigenvalue weighted by atomic mass is 10.1. The van der Waals surface area contributed by atoms with Gasteiger partial charge in [0.2, 0.25) is 11.9 Å². The molecule has 12 nitrogen and oxygen atoms in total. The van der Waals surface area contributed by atoms with Crippen LogP contribution in [0.3, 0.4) is 0 Å². The van der Waals surface area contributed by atoms with E-state index < -0.39 is 0 Å². The minimum atomic E-state index is -0.117. The van der Waals surface area contributed by atoms with Crippen LogP contribution in [-0.4, -0.2) is 115 Å². The van der Waals surface area contributed by atoms with Crippen molar-refractivity contribution < 1.29 is 9.53 Å². The zero-order valence-corrected chi connectivity index (χ0v) is 20.3. The first-order chi connectivity index (χ1) is 17.1. The Morgan fingerprint density at radius 2 is 1.80 bits per heavy atom. The second-order valence-electron chi connectivity index (χ2n) is 9.24. The number of carbonyl (C=O) groups excluding carboxylic acids is 1. The monoisotopic (exact) mass is 482 g/mol. The fourth-order valence-corrected chi connectivity index (χ4v) is 4.71. The van der Waals surface area contributed by atoms with E-state index in [1.807, 2.05) is 0 Å². The molecule has 188 valence electrons. The maximum absolute atomic E-state index is 13.1. The minimum Gasteiger partial charge on any atom is -0.378 e. The van der Waals surface area contributed by atoms with Crippen LogP contribution in [-0.2, 0) is 11.2 Å². The molecular weight excluding hydrogens is 448 g/mol. The summed E-state index contributed by atoms with van der Waals surface area (Å²) >= 11 is 0. The molecule has 0 atom stereocenters. The second-order valence-corrected chi connectivity index (χ2v) is 9.24. The van der Waals surface area contributed by atoms with Gasteiger partial charge >= 0.3 is 6.03 Å². The van der Waals surface area contributed by atoms with Gasteiger partial charge in [0.1, 0.15) is 5.82 Å². The van der Waals surface area contributed by atoms with Gasteiger partial charge < -0.3 is 30.5 Å². The van der Waals surface area contributed by atoms with Crippen molar-refractivity contribution in [2.24, 2.45) is 0 Å². The molecule has 2 fully saturated rings. The first-order valence-corrected chi connectivity index (χ1v) is 12.4. The van der Waals surface area contributed by atoms with Crippen LogP contribution < -0.4 is 20.9 Å². The van der Waals surface area contributed by atoms with E-state index >= 15 is 0 Å². The summed E-state index contributed by atoms with van der Waals surface area (Å²) in [4.78, 5) is 39.8. The number of fused-ring (bicyclic) bond motifs is 1. The summed E-state index contributed by atoms with van der Waals surface area (Å²) in [5.41, 5.74) is 8.14. The molecule has 5 rings (SSSR count). The van der Waals surface area contributed by atoms with E-state index in [0.717, 1.165) is 56.0 Å². The highest BCUT2D eigenvalue weighted by Gasteiger charge is 2.31. The third-order valence-electron chi connectivity index (χ3n) is 6.82. The van der Waals surface area contributed by atoms with Crippen LogP contribution in [0.1, 0.15) is 12.0 Å². The fraction of sp³-hybridized carbons (Fsp3) is 0.609. The Labute approximate surface area is 205 Å². The van der Waals surface area contributed by atoms with Gasteiger partial charge in [0.05, 0.1) is 18.9 Å². The Balaban J connectivity index is 1.30. The Morgan fingerprint density at radius 1 is 1.06 bits per heavy atom. The summed E-state index contributed by atoms with van der Waals surface area (Å²) in [6, 6.07) is -0.117. The predicted molar refractivity (Wildman–Crippen MR) is 134 cm³/mol.